The number of imidazole rings is 1. The summed E-state index contributed by atoms with van der Waals surface area (Å²) in [4.78, 5) is 4.27. The molecule has 0 saturated carbocycles. The van der Waals surface area contributed by atoms with Crippen LogP contribution in [0.15, 0.2) is 48.8 Å². The van der Waals surface area contributed by atoms with Gasteiger partial charge in [0.1, 0.15) is 11.5 Å². The summed E-state index contributed by atoms with van der Waals surface area (Å²) in [5.74, 6) is -0.225. The van der Waals surface area contributed by atoms with Crippen molar-refractivity contribution in [1.29, 1.82) is 0 Å². The topological polar surface area (TPSA) is 29.3 Å². The van der Waals surface area contributed by atoms with Crippen molar-refractivity contribution in [2.24, 2.45) is 0 Å². The maximum absolute atomic E-state index is 13.6. The summed E-state index contributed by atoms with van der Waals surface area (Å²) in [6.45, 7) is 3.66. The van der Waals surface area contributed by atoms with Crippen LogP contribution in [-0.4, -0.2) is 15.9 Å². The number of hydrogen-bond acceptors (Lipinski definition) is 2. The monoisotopic (exact) mass is 269 g/mol. The summed E-state index contributed by atoms with van der Waals surface area (Å²) in [5, 5.41) is 3.29. The molecular weight excluding hydrogens is 253 g/mol. The fourth-order valence-corrected chi connectivity index (χ4v) is 2.37. The Morgan fingerprint density at radius 2 is 2.15 bits per heavy atom. The second-order valence-electron chi connectivity index (χ2n) is 4.65. The molecule has 3 rings (SSSR count). The Hall–Kier alpha value is -2.20. The second kappa shape index (κ2) is 5.43. The Bertz CT molecular complexity index is 733. The first-order valence-electron chi connectivity index (χ1n) is 6.71. The second-order valence-corrected chi connectivity index (χ2v) is 4.65. The minimum absolute atomic E-state index is 0.225. The number of rotatable bonds is 4. The van der Waals surface area contributed by atoms with E-state index in [1.54, 1.807) is 12.3 Å². The lowest BCUT2D eigenvalue weighted by Crippen LogP contribution is -2.13. The van der Waals surface area contributed by atoms with Crippen LogP contribution in [0.3, 0.4) is 0 Å². The molecule has 102 valence electrons. The van der Waals surface area contributed by atoms with Crippen LogP contribution in [0.25, 0.3) is 16.9 Å². The molecule has 0 unspecified atom stereocenters. The van der Waals surface area contributed by atoms with Crippen LogP contribution >= 0.6 is 0 Å². The van der Waals surface area contributed by atoms with Crippen LogP contribution in [0.1, 0.15) is 12.5 Å². The van der Waals surface area contributed by atoms with E-state index in [9.17, 15) is 4.39 Å². The van der Waals surface area contributed by atoms with Gasteiger partial charge in [0, 0.05) is 24.5 Å². The molecule has 1 N–H and O–H groups in total. The molecule has 2 heterocycles. The highest BCUT2D eigenvalue weighted by Crippen LogP contribution is 2.25. The van der Waals surface area contributed by atoms with E-state index in [4.69, 9.17) is 0 Å². The largest absolute Gasteiger partial charge is 0.313 e. The molecular formula is C16H16FN3. The molecule has 1 aromatic carbocycles. The molecule has 20 heavy (non-hydrogen) atoms. The summed E-state index contributed by atoms with van der Waals surface area (Å²) in [7, 11) is 0. The fourth-order valence-electron chi connectivity index (χ4n) is 2.37. The van der Waals surface area contributed by atoms with Crippen LogP contribution in [0, 0.1) is 5.82 Å². The Morgan fingerprint density at radius 1 is 1.25 bits per heavy atom. The van der Waals surface area contributed by atoms with Gasteiger partial charge in [-0.05, 0) is 36.4 Å². The van der Waals surface area contributed by atoms with Crippen molar-refractivity contribution >= 4 is 5.65 Å². The van der Waals surface area contributed by atoms with E-state index in [-0.39, 0.29) is 5.82 Å². The Morgan fingerprint density at radius 3 is 3.00 bits per heavy atom. The average molecular weight is 269 g/mol. The number of halogens is 1. The highest BCUT2D eigenvalue weighted by molar-refractivity contribution is 5.67. The molecule has 0 aliphatic carbocycles. The van der Waals surface area contributed by atoms with Gasteiger partial charge in [0.2, 0.25) is 0 Å². The van der Waals surface area contributed by atoms with Gasteiger partial charge in [-0.15, -0.1) is 0 Å². The third kappa shape index (κ3) is 2.30. The van der Waals surface area contributed by atoms with Crippen molar-refractivity contribution in [3.8, 4) is 11.3 Å². The predicted octanol–water partition coefficient (Wildman–Crippen LogP) is 3.25. The zero-order valence-electron chi connectivity index (χ0n) is 11.3. The molecule has 4 heteroatoms. The number of benzene rings is 1. The van der Waals surface area contributed by atoms with Gasteiger partial charge in [-0.25, -0.2) is 9.37 Å². The molecule has 0 aliphatic heterocycles. The number of nitrogens with zero attached hydrogens (tertiary/aromatic N) is 2. The van der Waals surface area contributed by atoms with Gasteiger partial charge < -0.3 is 5.32 Å². The predicted molar refractivity (Wildman–Crippen MR) is 78.0 cm³/mol. The Kier molecular flexibility index (Phi) is 3.48. The first-order chi connectivity index (χ1) is 9.79. The number of fused-ring (bicyclic) bond motifs is 1. The van der Waals surface area contributed by atoms with Gasteiger partial charge in [0.15, 0.2) is 0 Å². The molecule has 3 nitrogen and oxygen atoms in total. The van der Waals surface area contributed by atoms with Crippen LogP contribution in [0.2, 0.25) is 0 Å². The quantitative estimate of drug-likeness (QED) is 0.787. The van der Waals surface area contributed by atoms with Gasteiger partial charge >= 0.3 is 0 Å². The van der Waals surface area contributed by atoms with Crippen LogP contribution < -0.4 is 5.32 Å². The normalized spacial score (nSPS) is 11.1. The van der Waals surface area contributed by atoms with Crippen molar-refractivity contribution in [3.05, 3.63) is 60.2 Å². The molecule has 0 atom stereocenters. The number of pyridine rings is 1. The molecule has 0 amide bonds. The molecule has 0 bridgehead atoms. The number of aromatic nitrogens is 2. The third-order valence-corrected chi connectivity index (χ3v) is 3.34. The van der Waals surface area contributed by atoms with Gasteiger partial charge in [-0.1, -0.05) is 19.1 Å². The maximum Gasteiger partial charge on any atom is 0.137 e. The zero-order valence-corrected chi connectivity index (χ0v) is 11.3. The minimum atomic E-state index is -0.225. The molecule has 3 aromatic rings. The SMILES string of the molecule is CCNCc1ccc(F)cc1-c1cccc2nccn12. The average Bonchev–Trinajstić information content (AvgIpc) is 2.94. The first kappa shape index (κ1) is 12.8. The van der Waals surface area contributed by atoms with Crippen molar-refractivity contribution in [1.82, 2.24) is 14.7 Å². The van der Waals surface area contributed by atoms with Crippen molar-refractivity contribution < 1.29 is 4.39 Å². The van der Waals surface area contributed by atoms with Gasteiger partial charge in [-0.3, -0.25) is 4.40 Å². The van der Waals surface area contributed by atoms with E-state index in [1.807, 2.05) is 34.9 Å². The molecule has 0 aliphatic rings. The van der Waals surface area contributed by atoms with Gasteiger partial charge in [0.25, 0.3) is 0 Å². The maximum atomic E-state index is 13.6. The molecule has 2 aromatic heterocycles. The Balaban J connectivity index is 2.17. The van der Waals surface area contributed by atoms with Gasteiger partial charge in [-0.2, -0.15) is 0 Å². The van der Waals surface area contributed by atoms with Crippen LogP contribution in [0.4, 0.5) is 4.39 Å². The summed E-state index contributed by atoms with van der Waals surface area (Å²) in [5.41, 5.74) is 3.79. The third-order valence-electron chi connectivity index (χ3n) is 3.34. The molecule has 0 fully saturated rings. The van der Waals surface area contributed by atoms with E-state index in [0.29, 0.717) is 0 Å². The molecule has 0 saturated heterocycles. The van der Waals surface area contributed by atoms with Crippen molar-refractivity contribution in [3.63, 3.8) is 0 Å². The minimum Gasteiger partial charge on any atom is -0.313 e. The molecule has 0 spiro atoms. The summed E-state index contributed by atoms with van der Waals surface area (Å²) < 4.78 is 15.6. The Labute approximate surface area is 117 Å². The van der Waals surface area contributed by atoms with Crippen LogP contribution in [-0.2, 0) is 6.54 Å². The van der Waals surface area contributed by atoms with E-state index < -0.39 is 0 Å². The van der Waals surface area contributed by atoms with E-state index in [0.717, 1.165) is 35.6 Å². The lowest BCUT2D eigenvalue weighted by molar-refractivity contribution is 0.626. The van der Waals surface area contributed by atoms with E-state index in [1.165, 1.54) is 6.07 Å². The first-order valence-corrected chi connectivity index (χ1v) is 6.71. The lowest BCUT2D eigenvalue weighted by Gasteiger charge is -2.12. The van der Waals surface area contributed by atoms with Crippen molar-refractivity contribution in [2.75, 3.05) is 6.54 Å². The van der Waals surface area contributed by atoms with Gasteiger partial charge in [0.05, 0.1) is 5.69 Å². The summed E-state index contributed by atoms with van der Waals surface area (Å²) >= 11 is 0. The highest BCUT2D eigenvalue weighted by atomic mass is 19.1. The smallest absolute Gasteiger partial charge is 0.137 e. The lowest BCUT2D eigenvalue weighted by atomic mass is 10.0. The van der Waals surface area contributed by atoms with E-state index in [2.05, 4.69) is 17.2 Å². The molecule has 0 radical (unpaired) electrons. The zero-order chi connectivity index (χ0) is 13.9. The number of nitrogens with one attached hydrogen (secondary N) is 1. The summed E-state index contributed by atoms with van der Waals surface area (Å²) in [6, 6.07) is 10.8. The van der Waals surface area contributed by atoms with E-state index >= 15 is 0 Å². The highest BCUT2D eigenvalue weighted by Gasteiger charge is 2.10. The number of hydrogen-bond donors (Lipinski definition) is 1. The van der Waals surface area contributed by atoms with Crippen molar-refractivity contribution in [2.45, 2.75) is 13.5 Å². The standard InChI is InChI=1S/C16H16FN3/c1-2-18-11-12-6-7-13(17)10-14(12)15-4-3-5-16-19-8-9-20(15)16/h3-10,18H,2,11H2,1H3. The fraction of sp³-hybridized carbons (Fsp3) is 0.188. The summed E-state index contributed by atoms with van der Waals surface area (Å²) in [6.07, 6.45) is 3.65. The van der Waals surface area contributed by atoms with Crippen LogP contribution in [0.5, 0.6) is 0 Å².